The molecule has 0 unspecified atom stereocenters. The van der Waals surface area contributed by atoms with Crippen LogP contribution >= 0.6 is 0 Å². The van der Waals surface area contributed by atoms with Crippen LogP contribution in [-0.2, 0) is 25.5 Å². The minimum atomic E-state index is -0.415. The summed E-state index contributed by atoms with van der Waals surface area (Å²) in [4.78, 5) is 32.7. The summed E-state index contributed by atoms with van der Waals surface area (Å²) in [5, 5.41) is 1.08. The van der Waals surface area contributed by atoms with Crippen molar-refractivity contribution in [2.75, 3.05) is 46.0 Å². The summed E-state index contributed by atoms with van der Waals surface area (Å²) in [6, 6.07) is 7.98. The smallest absolute Gasteiger partial charge is 0.341 e. The highest BCUT2D eigenvalue weighted by Gasteiger charge is 2.28. The number of H-pyrrole nitrogens is 1. The van der Waals surface area contributed by atoms with Gasteiger partial charge in [-0.2, -0.15) is 0 Å². The van der Waals surface area contributed by atoms with Gasteiger partial charge in [0.25, 0.3) is 0 Å². The maximum atomic E-state index is 12.9. The molecular formula is C21H25N3O4. The van der Waals surface area contributed by atoms with E-state index >= 15 is 0 Å². The van der Waals surface area contributed by atoms with E-state index in [1.54, 1.807) is 18.0 Å². The zero-order chi connectivity index (χ0) is 19.5. The number of para-hydroxylation sites is 1. The monoisotopic (exact) mass is 383 g/mol. The molecule has 1 aromatic heterocycles. The molecule has 7 heteroatoms. The van der Waals surface area contributed by atoms with Crippen molar-refractivity contribution in [2.45, 2.75) is 13.3 Å². The van der Waals surface area contributed by atoms with Gasteiger partial charge in [-0.25, -0.2) is 4.79 Å². The Morgan fingerprint density at radius 3 is 2.75 bits per heavy atom. The predicted octanol–water partition coefficient (Wildman–Crippen LogP) is 1.79. The number of hydrogen-bond acceptors (Lipinski definition) is 5. The summed E-state index contributed by atoms with van der Waals surface area (Å²) in [6.45, 7) is 5.71. The fraction of sp³-hybridized carbons (Fsp3) is 0.429. The number of aromatic nitrogens is 1. The van der Waals surface area contributed by atoms with Crippen molar-refractivity contribution in [1.82, 2.24) is 14.8 Å². The number of carbonyl (C=O) groups is 2. The predicted molar refractivity (Wildman–Crippen MR) is 106 cm³/mol. The fourth-order valence-corrected chi connectivity index (χ4v) is 3.81. The van der Waals surface area contributed by atoms with E-state index in [2.05, 4.69) is 9.88 Å². The van der Waals surface area contributed by atoms with Crippen LogP contribution in [0, 0.1) is 0 Å². The number of nitrogens with zero attached hydrogens (tertiary/aromatic N) is 2. The first-order valence-electron chi connectivity index (χ1n) is 9.76. The van der Waals surface area contributed by atoms with Crippen molar-refractivity contribution in [3.05, 3.63) is 41.7 Å². The molecule has 1 N–H and O–H groups in total. The number of amides is 1. The molecule has 0 bridgehead atoms. The summed E-state index contributed by atoms with van der Waals surface area (Å²) in [5.41, 5.74) is 3.19. The SMILES string of the molecule is CCOC(=O)C1=CN(C(=O)CN2CCOCC2)CCc2c1[nH]c1ccccc21. The van der Waals surface area contributed by atoms with Crippen molar-refractivity contribution >= 4 is 28.4 Å². The molecule has 7 nitrogen and oxygen atoms in total. The zero-order valence-corrected chi connectivity index (χ0v) is 16.1. The van der Waals surface area contributed by atoms with Gasteiger partial charge in [-0.05, 0) is 25.0 Å². The number of morpholine rings is 1. The minimum absolute atomic E-state index is 0.0156. The molecule has 2 aliphatic rings. The lowest BCUT2D eigenvalue weighted by molar-refractivity contribution is -0.136. The molecular weight excluding hydrogens is 358 g/mol. The van der Waals surface area contributed by atoms with E-state index in [0.717, 1.165) is 35.2 Å². The van der Waals surface area contributed by atoms with Gasteiger partial charge < -0.3 is 19.4 Å². The van der Waals surface area contributed by atoms with Crippen molar-refractivity contribution < 1.29 is 19.1 Å². The summed E-state index contributed by atoms with van der Waals surface area (Å²) in [6.07, 6.45) is 2.33. The van der Waals surface area contributed by atoms with Crippen molar-refractivity contribution in [3.63, 3.8) is 0 Å². The first-order valence-corrected chi connectivity index (χ1v) is 9.76. The molecule has 1 aromatic carbocycles. The minimum Gasteiger partial charge on any atom is -0.462 e. The van der Waals surface area contributed by atoms with E-state index < -0.39 is 5.97 Å². The molecule has 0 aliphatic carbocycles. The first-order chi connectivity index (χ1) is 13.7. The van der Waals surface area contributed by atoms with E-state index in [0.29, 0.717) is 38.3 Å². The van der Waals surface area contributed by atoms with E-state index in [4.69, 9.17) is 9.47 Å². The average molecular weight is 383 g/mol. The number of nitrogens with one attached hydrogen (secondary N) is 1. The Morgan fingerprint density at radius 2 is 1.96 bits per heavy atom. The normalized spacial score (nSPS) is 17.8. The van der Waals surface area contributed by atoms with Gasteiger partial charge in [0.2, 0.25) is 5.91 Å². The van der Waals surface area contributed by atoms with E-state index in [9.17, 15) is 9.59 Å². The molecule has 1 fully saturated rings. The topological polar surface area (TPSA) is 74.9 Å². The number of rotatable bonds is 4. The fourth-order valence-electron chi connectivity index (χ4n) is 3.81. The number of aromatic amines is 1. The third-order valence-corrected chi connectivity index (χ3v) is 5.25. The molecule has 4 rings (SSSR count). The maximum absolute atomic E-state index is 12.9. The van der Waals surface area contributed by atoms with Gasteiger partial charge in [-0.1, -0.05) is 18.2 Å². The van der Waals surface area contributed by atoms with Crippen LogP contribution in [-0.4, -0.2) is 72.7 Å². The van der Waals surface area contributed by atoms with Crippen LogP contribution in [0.2, 0.25) is 0 Å². The Kier molecular flexibility index (Phi) is 5.45. The van der Waals surface area contributed by atoms with Crippen LogP contribution in [0.5, 0.6) is 0 Å². The number of hydrogen-bond donors (Lipinski definition) is 1. The maximum Gasteiger partial charge on any atom is 0.341 e. The lowest BCUT2D eigenvalue weighted by Crippen LogP contribution is -2.43. The van der Waals surface area contributed by atoms with Gasteiger partial charge in [0, 0.05) is 36.7 Å². The van der Waals surface area contributed by atoms with Crippen LogP contribution in [0.3, 0.4) is 0 Å². The van der Waals surface area contributed by atoms with E-state index in [1.165, 1.54) is 0 Å². The molecule has 3 heterocycles. The molecule has 0 saturated carbocycles. The van der Waals surface area contributed by atoms with E-state index in [1.807, 2.05) is 24.3 Å². The van der Waals surface area contributed by atoms with Gasteiger partial charge in [0.1, 0.15) is 0 Å². The number of esters is 1. The Bertz CT molecular complexity index is 912. The lowest BCUT2D eigenvalue weighted by Gasteiger charge is -2.28. The van der Waals surface area contributed by atoms with E-state index in [-0.39, 0.29) is 12.5 Å². The lowest BCUT2D eigenvalue weighted by atomic mass is 10.0. The number of carbonyl (C=O) groups excluding carboxylic acids is 2. The molecule has 1 saturated heterocycles. The van der Waals surface area contributed by atoms with Crippen LogP contribution < -0.4 is 0 Å². The molecule has 2 aromatic rings. The molecule has 1 amide bonds. The Labute approximate surface area is 163 Å². The number of benzene rings is 1. The van der Waals surface area contributed by atoms with Gasteiger partial charge >= 0.3 is 5.97 Å². The Hall–Kier alpha value is -2.64. The third kappa shape index (κ3) is 3.68. The zero-order valence-electron chi connectivity index (χ0n) is 16.1. The number of fused-ring (bicyclic) bond motifs is 3. The molecule has 0 spiro atoms. The summed E-state index contributed by atoms with van der Waals surface area (Å²) >= 11 is 0. The Morgan fingerprint density at radius 1 is 1.18 bits per heavy atom. The molecule has 2 aliphatic heterocycles. The first kappa shape index (κ1) is 18.7. The Balaban J connectivity index is 1.65. The van der Waals surface area contributed by atoms with Gasteiger partial charge in [-0.15, -0.1) is 0 Å². The highest BCUT2D eigenvalue weighted by molar-refractivity contribution is 6.18. The van der Waals surface area contributed by atoms with Gasteiger partial charge in [0.05, 0.1) is 37.6 Å². The average Bonchev–Trinajstić information content (AvgIpc) is 2.96. The second-order valence-corrected chi connectivity index (χ2v) is 7.01. The highest BCUT2D eigenvalue weighted by atomic mass is 16.5. The van der Waals surface area contributed by atoms with Crippen LogP contribution in [0.1, 0.15) is 18.2 Å². The van der Waals surface area contributed by atoms with Crippen molar-refractivity contribution in [2.24, 2.45) is 0 Å². The van der Waals surface area contributed by atoms with Crippen molar-refractivity contribution in [3.8, 4) is 0 Å². The summed E-state index contributed by atoms with van der Waals surface area (Å²) < 4.78 is 10.6. The summed E-state index contributed by atoms with van der Waals surface area (Å²) in [7, 11) is 0. The van der Waals surface area contributed by atoms with Crippen molar-refractivity contribution in [1.29, 1.82) is 0 Å². The standard InChI is InChI=1S/C21H25N3O4/c1-2-28-21(26)17-13-24(19(25)14-23-9-11-27-12-10-23)8-7-16-15-5-3-4-6-18(15)22-20(16)17/h3-6,13,22H,2,7-12,14H2,1H3. The van der Waals surface area contributed by atoms with Gasteiger partial charge in [0.15, 0.2) is 0 Å². The molecule has 148 valence electrons. The summed E-state index contributed by atoms with van der Waals surface area (Å²) in [5.74, 6) is -0.431. The highest BCUT2D eigenvalue weighted by Crippen LogP contribution is 2.31. The third-order valence-electron chi connectivity index (χ3n) is 5.25. The molecule has 0 radical (unpaired) electrons. The van der Waals surface area contributed by atoms with Gasteiger partial charge in [-0.3, -0.25) is 9.69 Å². The second-order valence-electron chi connectivity index (χ2n) is 7.01. The second kappa shape index (κ2) is 8.16. The largest absolute Gasteiger partial charge is 0.462 e. The molecule has 28 heavy (non-hydrogen) atoms. The quantitative estimate of drug-likeness (QED) is 0.815. The van der Waals surface area contributed by atoms with Crippen LogP contribution in [0.4, 0.5) is 0 Å². The molecule has 0 atom stereocenters. The van der Waals surface area contributed by atoms with Crippen LogP contribution in [0.15, 0.2) is 30.5 Å². The van der Waals surface area contributed by atoms with Crippen LogP contribution in [0.25, 0.3) is 16.5 Å². The number of ether oxygens (including phenoxy) is 2.